The Labute approximate surface area is 63.8 Å². The minimum Gasteiger partial charge on any atom is -0.385 e. The average Bonchev–Trinajstić information content (AvgIpc) is 2.62. The first-order valence-electron chi connectivity index (χ1n) is 4.24. The maximum Gasteiger partial charge on any atom is 0.0465 e. The van der Waals surface area contributed by atoms with E-state index in [1.54, 1.807) is 7.11 Å². The fraction of sp³-hybridized carbons (Fsp3) is 1.00. The molecule has 0 aromatic carbocycles. The molecular weight excluding hydrogens is 124 g/mol. The molecule has 0 spiro atoms. The Hall–Kier alpha value is -0.0400. The summed E-state index contributed by atoms with van der Waals surface area (Å²) >= 11 is 0. The van der Waals surface area contributed by atoms with E-state index in [4.69, 9.17) is 4.74 Å². The minimum atomic E-state index is 0.891. The summed E-state index contributed by atoms with van der Waals surface area (Å²) in [5.74, 6) is 2.89. The lowest BCUT2D eigenvalue weighted by Gasteiger charge is -2.01. The lowest BCUT2D eigenvalue weighted by molar-refractivity contribution is 0.187. The summed E-state index contributed by atoms with van der Waals surface area (Å²) in [6.45, 7) is 5.59. The van der Waals surface area contributed by atoms with Crippen molar-refractivity contribution in [3.8, 4) is 0 Å². The van der Waals surface area contributed by atoms with E-state index in [1.807, 2.05) is 0 Å². The Morgan fingerprint density at radius 3 is 2.60 bits per heavy atom. The van der Waals surface area contributed by atoms with Crippen LogP contribution in [0.25, 0.3) is 0 Å². The van der Waals surface area contributed by atoms with Crippen LogP contribution < -0.4 is 0 Å². The fourth-order valence-electron chi connectivity index (χ4n) is 1.69. The van der Waals surface area contributed by atoms with E-state index < -0.39 is 0 Å². The summed E-state index contributed by atoms with van der Waals surface area (Å²) < 4.78 is 5.02. The molecule has 1 heteroatoms. The quantitative estimate of drug-likeness (QED) is 0.585. The minimum absolute atomic E-state index is 0.891. The van der Waals surface area contributed by atoms with Gasteiger partial charge in [0, 0.05) is 13.7 Å². The molecule has 0 amide bonds. The molecule has 1 saturated carbocycles. The molecule has 0 bridgehead atoms. The van der Waals surface area contributed by atoms with E-state index >= 15 is 0 Å². The second-order valence-electron chi connectivity index (χ2n) is 3.69. The molecule has 0 heterocycles. The predicted octanol–water partition coefficient (Wildman–Crippen LogP) is 2.32. The van der Waals surface area contributed by atoms with Crippen molar-refractivity contribution in [2.45, 2.75) is 26.7 Å². The van der Waals surface area contributed by atoms with Gasteiger partial charge in [0.25, 0.3) is 0 Å². The van der Waals surface area contributed by atoms with Crippen molar-refractivity contribution >= 4 is 0 Å². The summed E-state index contributed by atoms with van der Waals surface area (Å²) in [7, 11) is 1.78. The van der Waals surface area contributed by atoms with Gasteiger partial charge in [-0.3, -0.25) is 0 Å². The lowest BCUT2D eigenvalue weighted by Crippen LogP contribution is -1.96. The molecule has 0 aromatic heterocycles. The van der Waals surface area contributed by atoms with Gasteiger partial charge in [-0.25, -0.2) is 0 Å². The molecule has 2 atom stereocenters. The molecule has 1 nitrogen and oxygen atoms in total. The molecule has 60 valence electrons. The SMILES string of the molecule is COCCC1CC1C(C)C. The van der Waals surface area contributed by atoms with Crippen molar-refractivity contribution in [2.24, 2.45) is 17.8 Å². The largest absolute Gasteiger partial charge is 0.385 e. The van der Waals surface area contributed by atoms with Gasteiger partial charge in [0.2, 0.25) is 0 Å². The van der Waals surface area contributed by atoms with Crippen LogP contribution in [0, 0.1) is 17.8 Å². The number of rotatable bonds is 4. The van der Waals surface area contributed by atoms with Gasteiger partial charge in [0.15, 0.2) is 0 Å². The summed E-state index contributed by atoms with van der Waals surface area (Å²) in [4.78, 5) is 0. The van der Waals surface area contributed by atoms with Gasteiger partial charge in [-0.05, 0) is 30.6 Å². The smallest absolute Gasteiger partial charge is 0.0465 e. The van der Waals surface area contributed by atoms with Crippen LogP contribution in [0.3, 0.4) is 0 Å². The second kappa shape index (κ2) is 3.38. The van der Waals surface area contributed by atoms with Crippen LogP contribution in [0.5, 0.6) is 0 Å². The molecule has 0 N–H and O–H groups in total. The molecule has 0 saturated heterocycles. The summed E-state index contributed by atoms with van der Waals surface area (Å²) in [6, 6.07) is 0. The van der Waals surface area contributed by atoms with Crippen molar-refractivity contribution in [1.29, 1.82) is 0 Å². The molecule has 0 radical (unpaired) electrons. The number of hydrogen-bond acceptors (Lipinski definition) is 1. The van der Waals surface area contributed by atoms with Gasteiger partial charge >= 0.3 is 0 Å². The van der Waals surface area contributed by atoms with E-state index in [9.17, 15) is 0 Å². The first-order valence-corrected chi connectivity index (χ1v) is 4.24. The van der Waals surface area contributed by atoms with Crippen molar-refractivity contribution in [2.75, 3.05) is 13.7 Å². The Kier molecular flexibility index (Phi) is 2.72. The van der Waals surface area contributed by atoms with Gasteiger partial charge in [-0.2, -0.15) is 0 Å². The number of methoxy groups -OCH3 is 1. The predicted molar refractivity (Wildman–Crippen MR) is 42.9 cm³/mol. The molecule has 1 fully saturated rings. The van der Waals surface area contributed by atoms with E-state index in [0.29, 0.717) is 0 Å². The highest BCUT2D eigenvalue weighted by Crippen LogP contribution is 2.46. The third-order valence-corrected chi connectivity index (χ3v) is 2.53. The molecular formula is C9H18O. The first kappa shape index (κ1) is 8.06. The standard InChI is InChI=1S/C9H18O/c1-7(2)9-6-8(9)4-5-10-3/h7-9H,4-6H2,1-3H3. The molecule has 0 aliphatic heterocycles. The highest BCUT2D eigenvalue weighted by atomic mass is 16.5. The van der Waals surface area contributed by atoms with E-state index in [1.165, 1.54) is 12.8 Å². The molecule has 1 rings (SSSR count). The van der Waals surface area contributed by atoms with Crippen LogP contribution in [0.4, 0.5) is 0 Å². The Balaban J connectivity index is 2.02. The monoisotopic (exact) mass is 142 g/mol. The van der Waals surface area contributed by atoms with Gasteiger partial charge in [0.05, 0.1) is 0 Å². The molecule has 2 unspecified atom stereocenters. The molecule has 10 heavy (non-hydrogen) atoms. The van der Waals surface area contributed by atoms with Crippen molar-refractivity contribution < 1.29 is 4.74 Å². The van der Waals surface area contributed by atoms with Gasteiger partial charge < -0.3 is 4.74 Å². The zero-order valence-corrected chi connectivity index (χ0v) is 7.26. The van der Waals surface area contributed by atoms with E-state index in [2.05, 4.69) is 13.8 Å². The maximum atomic E-state index is 5.02. The fourth-order valence-corrected chi connectivity index (χ4v) is 1.69. The van der Waals surface area contributed by atoms with Crippen molar-refractivity contribution in [3.63, 3.8) is 0 Å². The third-order valence-electron chi connectivity index (χ3n) is 2.53. The van der Waals surface area contributed by atoms with Gasteiger partial charge in [0.1, 0.15) is 0 Å². The Bertz CT molecular complexity index is 98.9. The molecule has 0 aromatic rings. The van der Waals surface area contributed by atoms with Crippen LogP contribution in [-0.2, 0) is 4.74 Å². The normalized spacial score (nSPS) is 31.2. The Morgan fingerprint density at radius 2 is 2.20 bits per heavy atom. The van der Waals surface area contributed by atoms with E-state index in [-0.39, 0.29) is 0 Å². The highest BCUT2D eigenvalue weighted by Gasteiger charge is 2.38. The van der Waals surface area contributed by atoms with Crippen molar-refractivity contribution in [1.82, 2.24) is 0 Å². The third kappa shape index (κ3) is 1.98. The molecule has 1 aliphatic rings. The summed E-state index contributed by atoms with van der Waals surface area (Å²) in [5, 5.41) is 0. The Morgan fingerprint density at radius 1 is 1.50 bits per heavy atom. The highest BCUT2D eigenvalue weighted by molar-refractivity contribution is 4.87. The topological polar surface area (TPSA) is 9.23 Å². The lowest BCUT2D eigenvalue weighted by atomic mass is 10.1. The second-order valence-corrected chi connectivity index (χ2v) is 3.69. The summed E-state index contributed by atoms with van der Waals surface area (Å²) in [6.07, 6.45) is 2.72. The molecule has 1 aliphatic carbocycles. The summed E-state index contributed by atoms with van der Waals surface area (Å²) in [5.41, 5.74) is 0. The van der Waals surface area contributed by atoms with Crippen LogP contribution in [-0.4, -0.2) is 13.7 Å². The number of hydrogen-bond donors (Lipinski definition) is 0. The van der Waals surface area contributed by atoms with Crippen LogP contribution in [0.2, 0.25) is 0 Å². The van der Waals surface area contributed by atoms with E-state index in [0.717, 1.165) is 24.4 Å². The van der Waals surface area contributed by atoms with Crippen LogP contribution in [0.15, 0.2) is 0 Å². The average molecular weight is 142 g/mol. The van der Waals surface area contributed by atoms with Gasteiger partial charge in [-0.1, -0.05) is 13.8 Å². The zero-order chi connectivity index (χ0) is 7.56. The van der Waals surface area contributed by atoms with Crippen molar-refractivity contribution in [3.05, 3.63) is 0 Å². The van der Waals surface area contributed by atoms with Crippen LogP contribution >= 0.6 is 0 Å². The number of ether oxygens (including phenoxy) is 1. The van der Waals surface area contributed by atoms with Gasteiger partial charge in [-0.15, -0.1) is 0 Å². The first-order chi connectivity index (χ1) is 4.75. The van der Waals surface area contributed by atoms with Crippen LogP contribution in [0.1, 0.15) is 26.7 Å². The maximum absolute atomic E-state index is 5.02. The zero-order valence-electron chi connectivity index (χ0n) is 7.26.